The van der Waals surface area contributed by atoms with Gasteiger partial charge in [0.2, 0.25) is 10.0 Å². The molecule has 0 bridgehead atoms. The summed E-state index contributed by atoms with van der Waals surface area (Å²) in [5.74, 6) is -0.949. The van der Waals surface area contributed by atoms with Gasteiger partial charge in [-0.25, -0.2) is 13.1 Å². The number of carboxylic acids is 1. The van der Waals surface area contributed by atoms with Crippen LogP contribution in [0, 0.1) is 5.92 Å². The molecule has 0 fully saturated rings. The number of nitrogens with one attached hydrogen (secondary N) is 1. The van der Waals surface area contributed by atoms with Gasteiger partial charge in [0.25, 0.3) is 0 Å². The molecular formula is C22H20NNaO4S. The third kappa shape index (κ3) is 4.90. The fraction of sp³-hybridized carbons (Fsp3) is 0.227. The molecule has 3 aromatic carbocycles. The molecule has 4 rings (SSSR count). The number of sulfonamides is 1. The van der Waals surface area contributed by atoms with E-state index in [9.17, 15) is 18.3 Å². The van der Waals surface area contributed by atoms with E-state index < -0.39 is 16.0 Å². The summed E-state index contributed by atoms with van der Waals surface area (Å²) in [4.78, 5) is 11.1. The molecule has 0 aromatic heterocycles. The van der Waals surface area contributed by atoms with Gasteiger partial charge in [0.1, 0.15) is 0 Å². The van der Waals surface area contributed by atoms with Crippen LogP contribution in [0.15, 0.2) is 65.6 Å². The number of benzene rings is 3. The maximum Gasteiger partial charge on any atom is 1.00 e. The van der Waals surface area contributed by atoms with Crippen LogP contribution in [0.3, 0.4) is 0 Å². The Bertz CT molecular complexity index is 1160. The average Bonchev–Trinajstić information content (AvgIpc) is 3.08. The normalized spacial score (nSPS) is 15.7. The van der Waals surface area contributed by atoms with Crippen molar-refractivity contribution < 1.29 is 47.9 Å². The Morgan fingerprint density at radius 2 is 1.72 bits per heavy atom. The molecule has 0 heterocycles. The second-order valence-corrected chi connectivity index (χ2v) is 8.99. The van der Waals surface area contributed by atoms with Gasteiger partial charge in [0.15, 0.2) is 0 Å². The van der Waals surface area contributed by atoms with Gasteiger partial charge in [-0.05, 0) is 46.9 Å². The summed E-state index contributed by atoms with van der Waals surface area (Å²) in [5.41, 5.74) is 2.96. The summed E-state index contributed by atoms with van der Waals surface area (Å²) in [6, 6.07) is 18.3. The third-order valence-electron chi connectivity index (χ3n) is 5.24. The summed E-state index contributed by atoms with van der Waals surface area (Å²) in [6.07, 6.45) is 1.40. The van der Waals surface area contributed by atoms with Gasteiger partial charge < -0.3 is 9.90 Å². The van der Waals surface area contributed by atoms with Crippen LogP contribution < -0.4 is 39.4 Å². The van der Waals surface area contributed by atoms with Crippen LogP contribution >= 0.6 is 0 Å². The minimum atomic E-state index is -3.62. The van der Waals surface area contributed by atoms with Gasteiger partial charge in [-0.15, -0.1) is 0 Å². The average molecular weight is 417 g/mol. The molecule has 1 N–H and O–H groups in total. The van der Waals surface area contributed by atoms with Crippen molar-refractivity contribution in [1.29, 1.82) is 0 Å². The van der Waals surface area contributed by atoms with Crippen molar-refractivity contribution in [3.8, 4) is 0 Å². The van der Waals surface area contributed by atoms with E-state index in [1.807, 2.05) is 42.5 Å². The second-order valence-electron chi connectivity index (χ2n) is 7.26. The Morgan fingerprint density at radius 3 is 2.52 bits per heavy atom. The molecule has 0 aliphatic heterocycles. The third-order valence-corrected chi connectivity index (χ3v) is 6.72. The first kappa shape index (κ1) is 22.0. The van der Waals surface area contributed by atoms with E-state index in [-0.39, 0.29) is 46.8 Å². The van der Waals surface area contributed by atoms with E-state index in [1.54, 1.807) is 18.2 Å². The van der Waals surface area contributed by atoms with Crippen molar-refractivity contribution in [2.24, 2.45) is 5.92 Å². The van der Waals surface area contributed by atoms with Gasteiger partial charge in [-0.1, -0.05) is 54.6 Å². The maximum atomic E-state index is 12.9. The van der Waals surface area contributed by atoms with Crippen LogP contribution in [0.1, 0.15) is 16.7 Å². The molecule has 3 aromatic rings. The quantitative estimate of drug-likeness (QED) is 0.512. The summed E-state index contributed by atoms with van der Waals surface area (Å²) in [7, 11) is -3.62. The molecule has 0 saturated carbocycles. The molecule has 1 aliphatic rings. The van der Waals surface area contributed by atoms with Crippen LogP contribution in [0.4, 0.5) is 0 Å². The molecule has 0 saturated heterocycles. The fourth-order valence-corrected chi connectivity index (χ4v) is 5.26. The predicted molar refractivity (Wildman–Crippen MR) is 105 cm³/mol. The Kier molecular flexibility index (Phi) is 6.81. The summed E-state index contributed by atoms with van der Waals surface area (Å²) < 4.78 is 28.5. The smallest absolute Gasteiger partial charge is 0.550 e. The van der Waals surface area contributed by atoms with Crippen LogP contribution in [0.2, 0.25) is 0 Å². The second kappa shape index (κ2) is 8.98. The van der Waals surface area contributed by atoms with Crippen LogP contribution in [-0.2, 0) is 34.1 Å². The Labute approximate surface area is 192 Å². The maximum absolute atomic E-state index is 12.9. The van der Waals surface area contributed by atoms with E-state index in [0.29, 0.717) is 11.9 Å². The fourth-order valence-electron chi connectivity index (χ4n) is 3.92. The number of carbonyl (C=O) groups is 1. The number of hydrogen-bond donors (Lipinski definition) is 1. The molecule has 0 radical (unpaired) electrons. The molecule has 1 unspecified atom stereocenters. The van der Waals surface area contributed by atoms with E-state index in [0.717, 1.165) is 34.9 Å². The van der Waals surface area contributed by atoms with Crippen LogP contribution in [-0.4, -0.2) is 20.9 Å². The molecule has 0 spiro atoms. The molecule has 0 amide bonds. The Hall–Kier alpha value is -1.70. The molecule has 144 valence electrons. The minimum absolute atomic E-state index is 0. The topological polar surface area (TPSA) is 86.3 Å². The largest absolute Gasteiger partial charge is 1.00 e. The van der Waals surface area contributed by atoms with Gasteiger partial charge >= 0.3 is 29.6 Å². The van der Waals surface area contributed by atoms with Gasteiger partial charge in [0, 0.05) is 24.3 Å². The molecule has 1 atom stereocenters. The number of rotatable bonds is 6. The minimum Gasteiger partial charge on any atom is -0.550 e. The predicted octanol–water partition coefficient (Wildman–Crippen LogP) is -1.17. The first-order valence-electron chi connectivity index (χ1n) is 9.20. The van der Waals surface area contributed by atoms with Crippen LogP contribution in [0.25, 0.3) is 10.8 Å². The Morgan fingerprint density at radius 1 is 1.00 bits per heavy atom. The molecule has 1 aliphatic carbocycles. The van der Waals surface area contributed by atoms with Crippen molar-refractivity contribution >= 4 is 26.8 Å². The monoisotopic (exact) mass is 417 g/mol. The van der Waals surface area contributed by atoms with Crippen molar-refractivity contribution in [1.82, 2.24) is 4.72 Å². The standard InChI is InChI=1S/C22H21NO4S.Na/c24-22(25)13-15-8-9-18-11-16(12-19(18)10-15)14-23-28(26,27)21-7-3-5-17-4-1-2-6-20(17)21;/h1-10,16,23H,11-14H2,(H,24,25);/q;+1/p-1. The van der Waals surface area contributed by atoms with Crippen molar-refractivity contribution in [3.63, 3.8) is 0 Å². The first-order chi connectivity index (χ1) is 13.4. The SMILES string of the molecule is O=C([O-])Cc1ccc2c(c1)CC(CNS(=O)(=O)c1cccc3ccccc13)C2.[Na+]. The molecule has 29 heavy (non-hydrogen) atoms. The zero-order chi connectivity index (χ0) is 19.7. The summed E-state index contributed by atoms with van der Waals surface area (Å²) in [6.45, 7) is 0.343. The van der Waals surface area contributed by atoms with Crippen molar-refractivity contribution in [2.45, 2.75) is 24.2 Å². The van der Waals surface area contributed by atoms with Crippen LogP contribution in [0.5, 0.6) is 0 Å². The zero-order valence-corrected chi connectivity index (χ0v) is 19.0. The summed E-state index contributed by atoms with van der Waals surface area (Å²) in [5, 5.41) is 12.4. The number of fused-ring (bicyclic) bond motifs is 2. The van der Waals surface area contributed by atoms with Gasteiger partial charge in [0.05, 0.1) is 4.90 Å². The molecule has 7 heteroatoms. The van der Waals surface area contributed by atoms with E-state index in [1.165, 1.54) is 0 Å². The van der Waals surface area contributed by atoms with E-state index in [4.69, 9.17) is 0 Å². The number of carbonyl (C=O) groups excluding carboxylic acids is 1. The first-order valence-corrected chi connectivity index (χ1v) is 10.7. The van der Waals surface area contributed by atoms with E-state index in [2.05, 4.69) is 4.72 Å². The van der Waals surface area contributed by atoms with Gasteiger partial charge in [-0.2, -0.15) is 0 Å². The van der Waals surface area contributed by atoms with E-state index >= 15 is 0 Å². The van der Waals surface area contributed by atoms with Crippen molar-refractivity contribution in [3.05, 3.63) is 77.4 Å². The number of hydrogen-bond acceptors (Lipinski definition) is 4. The van der Waals surface area contributed by atoms with Crippen molar-refractivity contribution in [2.75, 3.05) is 6.54 Å². The van der Waals surface area contributed by atoms with Gasteiger partial charge in [-0.3, -0.25) is 0 Å². The number of carboxylic acid groups (broad SMARTS) is 1. The summed E-state index contributed by atoms with van der Waals surface area (Å²) >= 11 is 0. The molecule has 5 nitrogen and oxygen atoms in total. The molecular weight excluding hydrogens is 397 g/mol. The number of aliphatic carboxylic acids is 1. The zero-order valence-electron chi connectivity index (χ0n) is 16.2. The Balaban J connectivity index is 0.00000240.